The van der Waals surface area contributed by atoms with Crippen LogP contribution in [0.15, 0.2) is 41.2 Å². The minimum Gasteiger partial charge on any atom is -0.315 e. The largest absolute Gasteiger partial charge is 0.315 e. The summed E-state index contributed by atoms with van der Waals surface area (Å²) in [6.45, 7) is 4.33. The number of aromatic nitrogens is 1. The Labute approximate surface area is 128 Å². The van der Waals surface area contributed by atoms with Crippen molar-refractivity contribution in [1.82, 2.24) is 9.88 Å². The van der Waals surface area contributed by atoms with Crippen LogP contribution < -0.4 is 10.9 Å². The number of nitrogens with one attached hydrogen (secondary N) is 1. The smallest absolute Gasteiger partial charge is 0.270 e. The van der Waals surface area contributed by atoms with Crippen molar-refractivity contribution in [2.75, 3.05) is 7.05 Å². The van der Waals surface area contributed by atoms with E-state index in [1.807, 2.05) is 19.9 Å². The van der Waals surface area contributed by atoms with Crippen molar-refractivity contribution >= 4 is 5.69 Å². The predicted octanol–water partition coefficient (Wildman–Crippen LogP) is 2.72. The minimum absolute atomic E-state index is 0.0135. The predicted molar refractivity (Wildman–Crippen MR) is 85.9 cm³/mol. The highest BCUT2D eigenvalue weighted by molar-refractivity contribution is 5.63. The molecule has 0 unspecified atom stereocenters. The molecule has 0 bridgehead atoms. The van der Waals surface area contributed by atoms with Crippen molar-refractivity contribution in [2.24, 2.45) is 0 Å². The lowest BCUT2D eigenvalue weighted by atomic mass is 10.1. The molecule has 2 rings (SSSR count). The van der Waals surface area contributed by atoms with Gasteiger partial charge in [-0.05, 0) is 27.0 Å². The number of nitro benzene ring substituents is 1. The van der Waals surface area contributed by atoms with Crippen LogP contribution in [0.1, 0.15) is 25.5 Å². The highest BCUT2D eigenvalue weighted by Crippen LogP contribution is 2.25. The Morgan fingerprint density at radius 1 is 1.27 bits per heavy atom. The standard InChI is InChI=1S/C16H19N3O3/c1-11(2)18-15(8-7-13(10-17-3)16(18)20)12-5-4-6-14(9-12)19(21)22/h4-9,11,17H,10H2,1-3H3. The molecule has 0 spiro atoms. The van der Waals surface area contributed by atoms with Gasteiger partial charge in [-0.1, -0.05) is 18.2 Å². The third-order valence-corrected chi connectivity index (χ3v) is 3.43. The number of nitrogens with zero attached hydrogens (tertiary/aromatic N) is 2. The number of hydrogen-bond acceptors (Lipinski definition) is 4. The first-order valence-corrected chi connectivity index (χ1v) is 7.09. The van der Waals surface area contributed by atoms with E-state index >= 15 is 0 Å². The molecule has 6 nitrogen and oxygen atoms in total. The van der Waals surface area contributed by atoms with E-state index in [2.05, 4.69) is 5.32 Å². The van der Waals surface area contributed by atoms with E-state index in [1.165, 1.54) is 12.1 Å². The van der Waals surface area contributed by atoms with Gasteiger partial charge in [-0.15, -0.1) is 0 Å². The molecule has 0 saturated heterocycles. The maximum Gasteiger partial charge on any atom is 0.270 e. The van der Waals surface area contributed by atoms with Crippen LogP contribution in [0.2, 0.25) is 0 Å². The Morgan fingerprint density at radius 2 is 2.00 bits per heavy atom. The lowest BCUT2D eigenvalue weighted by molar-refractivity contribution is -0.384. The summed E-state index contributed by atoms with van der Waals surface area (Å²) in [5, 5.41) is 13.9. The topological polar surface area (TPSA) is 77.2 Å². The molecule has 0 amide bonds. The van der Waals surface area contributed by atoms with Gasteiger partial charge >= 0.3 is 0 Å². The fourth-order valence-corrected chi connectivity index (χ4v) is 2.45. The van der Waals surface area contributed by atoms with Crippen LogP contribution >= 0.6 is 0 Å². The highest BCUT2D eigenvalue weighted by Gasteiger charge is 2.15. The van der Waals surface area contributed by atoms with Crippen molar-refractivity contribution < 1.29 is 4.92 Å². The van der Waals surface area contributed by atoms with Gasteiger partial charge in [-0.3, -0.25) is 14.9 Å². The van der Waals surface area contributed by atoms with Crippen LogP contribution in [-0.2, 0) is 6.54 Å². The third kappa shape index (κ3) is 3.07. The molecule has 2 aromatic rings. The zero-order valence-corrected chi connectivity index (χ0v) is 12.9. The van der Waals surface area contributed by atoms with Gasteiger partial charge in [0.2, 0.25) is 0 Å². The van der Waals surface area contributed by atoms with Crippen LogP contribution in [0.25, 0.3) is 11.3 Å². The van der Waals surface area contributed by atoms with E-state index in [9.17, 15) is 14.9 Å². The summed E-state index contributed by atoms with van der Waals surface area (Å²) in [5.41, 5.74) is 1.96. The number of pyridine rings is 1. The van der Waals surface area contributed by atoms with Gasteiger partial charge in [-0.25, -0.2) is 0 Å². The number of rotatable bonds is 5. The molecular weight excluding hydrogens is 282 g/mol. The van der Waals surface area contributed by atoms with Crippen LogP contribution in [-0.4, -0.2) is 16.5 Å². The molecule has 1 aromatic heterocycles. The van der Waals surface area contributed by atoms with Crippen molar-refractivity contribution in [3.63, 3.8) is 0 Å². The minimum atomic E-state index is -0.434. The molecular formula is C16H19N3O3. The van der Waals surface area contributed by atoms with E-state index in [1.54, 1.807) is 29.8 Å². The molecule has 1 aromatic carbocycles. The summed E-state index contributed by atoms with van der Waals surface area (Å²) in [7, 11) is 1.79. The van der Waals surface area contributed by atoms with E-state index in [0.717, 1.165) is 0 Å². The molecule has 0 fully saturated rings. The summed E-state index contributed by atoms with van der Waals surface area (Å²) in [6.07, 6.45) is 0. The average molecular weight is 301 g/mol. The molecule has 0 aliphatic carbocycles. The quantitative estimate of drug-likeness (QED) is 0.680. The Balaban J connectivity index is 2.65. The van der Waals surface area contributed by atoms with Crippen molar-refractivity contribution in [1.29, 1.82) is 0 Å². The SMILES string of the molecule is CNCc1ccc(-c2cccc([N+](=O)[O-])c2)n(C(C)C)c1=O. The molecule has 1 heterocycles. The molecule has 0 radical (unpaired) electrons. The van der Waals surface area contributed by atoms with Gasteiger partial charge in [0.05, 0.1) is 10.6 Å². The van der Waals surface area contributed by atoms with E-state index in [4.69, 9.17) is 0 Å². The Kier molecular flexibility index (Phi) is 4.72. The van der Waals surface area contributed by atoms with Crippen molar-refractivity contribution in [3.05, 3.63) is 62.4 Å². The normalized spacial score (nSPS) is 10.9. The summed E-state index contributed by atoms with van der Waals surface area (Å²) >= 11 is 0. The maximum absolute atomic E-state index is 12.6. The fourth-order valence-electron chi connectivity index (χ4n) is 2.45. The van der Waals surface area contributed by atoms with Gasteiger partial charge in [0.15, 0.2) is 0 Å². The number of nitro groups is 1. The van der Waals surface area contributed by atoms with Gasteiger partial charge in [0.1, 0.15) is 0 Å². The lowest BCUT2D eigenvalue weighted by Gasteiger charge is -2.18. The maximum atomic E-state index is 12.6. The number of hydrogen-bond donors (Lipinski definition) is 1. The first-order chi connectivity index (χ1) is 10.5. The second-order valence-electron chi connectivity index (χ2n) is 5.35. The Bertz CT molecular complexity index is 751. The van der Waals surface area contributed by atoms with Crippen LogP contribution in [0.3, 0.4) is 0 Å². The monoisotopic (exact) mass is 301 g/mol. The molecule has 1 N–H and O–H groups in total. The zero-order valence-electron chi connectivity index (χ0n) is 12.9. The molecule has 116 valence electrons. The second kappa shape index (κ2) is 6.53. The van der Waals surface area contributed by atoms with E-state index in [-0.39, 0.29) is 17.3 Å². The first-order valence-electron chi connectivity index (χ1n) is 7.09. The Morgan fingerprint density at radius 3 is 2.59 bits per heavy atom. The summed E-state index contributed by atoms with van der Waals surface area (Å²) in [6, 6.07) is 9.91. The third-order valence-electron chi connectivity index (χ3n) is 3.43. The second-order valence-corrected chi connectivity index (χ2v) is 5.35. The number of non-ortho nitro benzene ring substituents is 1. The average Bonchev–Trinajstić information content (AvgIpc) is 2.49. The molecule has 22 heavy (non-hydrogen) atoms. The molecule has 6 heteroatoms. The van der Waals surface area contributed by atoms with Crippen LogP contribution in [0, 0.1) is 10.1 Å². The zero-order chi connectivity index (χ0) is 16.3. The molecule has 0 atom stereocenters. The fraction of sp³-hybridized carbons (Fsp3) is 0.312. The molecule has 0 saturated carbocycles. The molecule has 0 aliphatic rings. The van der Waals surface area contributed by atoms with Crippen molar-refractivity contribution in [3.8, 4) is 11.3 Å². The Hall–Kier alpha value is -2.47. The van der Waals surface area contributed by atoms with E-state index < -0.39 is 4.92 Å². The summed E-state index contributed by atoms with van der Waals surface area (Å²) < 4.78 is 1.67. The number of benzene rings is 1. The van der Waals surface area contributed by atoms with Gasteiger partial charge < -0.3 is 9.88 Å². The highest BCUT2D eigenvalue weighted by atomic mass is 16.6. The van der Waals surface area contributed by atoms with Crippen LogP contribution in [0.4, 0.5) is 5.69 Å². The van der Waals surface area contributed by atoms with Crippen molar-refractivity contribution in [2.45, 2.75) is 26.4 Å². The first kappa shape index (κ1) is 15.9. The molecule has 0 aliphatic heterocycles. The summed E-state index contributed by atoms with van der Waals surface area (Å²) in [4.78, 5) is 23.1. The lowest BCUT2D eigenvalue weighted by Crippen LogP contribution is -2.28. The van der Waals surface area contributed by atoms with E-state index in [0.29, 0.717) is 23.4 Å². The van der Waals surface area contributed by atoms with Gasteiger partial charge in [0.25, 0.3) is 11.2 Å². The van der Waals surface area contributed by atoms with Gasteiger partial charge in [-0.2, -0.15) is 0 Å². The van der Waals surface area contributed by atoms with Gasteiger partial charge in [0, 0.05) is 35.8 Å². The van der Waals surface area contributed by atoms with Crippen LogP contribution in [0.5, 0.6) is 0 Å². The summed E-state index contributed by atoms with van der Waals surface area (Å²) in [5.74, 6) is 0.